The minimum atomic E-state index is -0.959. The van der Waals surface area contributed by atoms with E-state index >= 15 is 0 Å². The fourth-order valence-corrected chi connectivity index (χ4v) is 5.61. The molecule has 2 aromatic heterocycles. The summed E-state index contributed by atoms with van der Waals surface area (Å²) in [6.45, 7) is 6.28. The van der Waals surface area contributed by atoms with E-state index in [9.17, 15) is 14.7 Å². The van der Waals surface area contributed by atoms with Crippen LogP contribution in [0.5, 0.6) is 5.75 Å². The lowest BCUT2D eigenvalue weighted by Gasteiger charge is -2.26. The van der Waals surface area contributed by atoms with Gasteiger partial charge in [-0.25, -0.2) is 4.98 Å². The maximum Gasteiger partial charge on any atom is 0.316 e. The quantitative estimate of drug-likeness (QED) is 0.437. The minimum Gasteiger partial charge on any atom is -0.497 e. The summed E-state index contributed by atoms with van der Waals surface area (Å²) in [6, 6.07) is 7.10. The van der Waals surface area contributed by atoms with Gasteiger partial charge in [0.05, 0.1) is 30.9 Å². The fraction of sp³-hybridized carbons (Fsp3) is 0.409. The molecule has 0 saturated carbocycles. The molecule has 3 aromatic rings. The number of ether oxygens (including phenoxy) is 2. The molecule has 164 valence electrons. The molecule has 4 rings (SSSR count). The molecule has 9 heteroatoms. The van der Waals surface area contributed by atoms with Gasteiger partial charge in [0.25, 0.3) is 5.56 Å². The predicted molar refractivity (Wildman–Crippen MR) is 122 cm³/mol. The first-order valence-electron chi connectivity index (χ1n) is 10.0. The van der Waals surface area contributed by atoms with E-state index in [4.69, 9.17) is 14.5 Å². The molecule has 2 atom stereocenters. The van der Waals surface area contributed by atoms with Crippen LogP contribution in [0.4, 0.5) is 0 Å². The Hall–Kier alpha value is -2.36. The number of aliphatic carboxylic acids is 1. The number of thiophene rings is 1. The third-order valence-corrected chi connectivity index (χ3v) is 7.55. The predicted octanol–water partition coefficient (Wildman–Crippen LogP) is 4.12. The average molecular weight is 461 g/mol. The van der Waals surface area contributed by atoms with Crippen LogP contribution >= 0.6 is 23.1 Å². The van der Waals surface area contributed by atoms with Gasteiger partial charge >= 0.3 is 5.97 Å². The molecule has 31 heavy (non-hydrogen) atoms. The number of carbonyl (C=O) groups is 1. The van der Waals surface area contributed by atoms with Gasteiger partial charge in [0.1, 0.15) is 15.8 Å². The Bertz CT molecular complexity index is 1180. The van der Waals surface area contributed by atoms with Gasteiger partial charge in [0.2, 0.25) is 0 Å². The molecular weight excluding hydrogens is 436 g/mol. The van der Waals surface area contributed by atoms with Gasteiger partial charge < -0.3 is 14.6 Å². The Morgan fingerprint density at radius 2 is 2.03 bits per heavy atom. The molecular formula is C22H24N2O5S2. The molecule has 7 nitrogen and oxygen atoms in total. The number of aromatic nitrogens is 2. The number of rotatable bonds is 6. The lowest BCUT2D eigenvalue weighted by Crippen LogP contribution is -2.28. The number of benzene rings is 1. The van der Waals surface area contributed by atoms with Crippen molar-refractivity contribution in [2.45, 2.75) is 50.3 Å². The van der Waals surface area contributed by atoms with Crippen LogP contribution in [-0.4, -0.2) is 39.1 Å². The van der Waals surface area contributed by atoms with E-state index in [1.807, 2.05) is 0 Å². The molecule has 0 bridgehead atoms. The average Bonchev–Trinajstić information content (AvgIpc) is 3.11. The smallest absolute Gasteiger partial charge is 0.316 e. The highest BCUT2D eigenvalue weighted by molar-refractivity contribution is 8.00. The molecule has 0 saturated heterocycles. The Balaban J connectivity index is 1.93. The molecule has 0 fully saturated rings. The number of carboxylic acids is 1. The Morgan fingerprint density at radius 1 is 1.32 bits per heavy atom. The molecule has 1 N–H and O–H groups in total. The molecule has 0 radical (unpaired) electrons. The first-order valence-corrected chi connectivity index (χ1v) is 11.7. The first kappa shape index (κ1) is 21.9. The van der Waals surface area contributed by atoms with E-state index in [0.717, 1.165) is 22.2 Å². The lowest BCUT2D eigenvalue weighted by atomic mass is 9.96. The van der Waals surface area contributed by atoms with Gasteiger partial charge in [0, 0.05) is 11.3 Å². The number of nitrogens with zero attached hydrogens (tertiary/aromatic N) is 2. The van der Waals surface area contributed by atoms with Crippen LogP contribution in [0.15, 0.2) is 34.2 Å². The fourth-order valence-electron chi connectivity index (χ4n) is 3.58. The van der Waals surface area contributed by atoms with Crippen LogP contribution in [0.3, 0.4) is 0 Å². The topological polar surface area (TPSA) is 90.6 Å². The zero-order valence-corrected chi connectivity index (χ0v) is 19.4. The second-order valence-electron chi connectivity index (χ2n) is 7.81. The van der Waals surface area contributed by atoms with Crippen LogP contribution < -0.4 is 10.3 Å². The van der Waals surface area contributed by atoms with Gasteiger partial charge in [-0.1, -0.05) is 25.6 Å². The van der Waals surface area contributed by atoms with E-state index in [0.29, 0.717) is 45.8 Å². The summed E-state index contributed by atoms with van der Waals surface area (Å²) in [6.07, 6.45) is 0.727. The first-order chi connectivity index (χ1) is 14.8. The summed E-state index contributed by atoms with van der Waals surface area (Å²) in [5, 5.41) is 9.62. The minimum absolute atomic E-state index is 0.0558. The lowest BCUT2D eigenvalue weighted by molar-refractivity contribution is -0.136. The van der Waals surface area contributed by atoms with Crippen LogP contribution in [0.2, 0.25) is 0 Å². The molecule has 0 spiro atoms. The Morgan fingerprint density at radius 3 is 2.65 bits per heavy atom. The Kier molecular flexibility index (Phi) is 6.09. The summed E-state index contributed by atoms with van der Waals surface area (Å²) in [4.78, 5) is 31.6. The molecule has 1 aliphatic rings. The number of hydrogen-bond donors (Lipinski definition) is 1. The van der Waals surface area contributed by atoms with Crippen molar-refractivity contribution in [2.75, 3.05) is 7.11 Å². The second kappa shape index (κ2) is 8.64. The van der Waals surface area contributed by atoms with Gasteiger partial charge in [-0.2, -0.15) is 0 Å². The van der Waals surface area contributed by atoms with E-state index in [2.05, 4.69) is 13.8 Å². The molecule has 0 amide bonds. The number of hydrogen-bond acceptors (Lipinski definition) is 7. The normalized spacial score (nSPS) is 17.0. The molecule has 1 aromatic carbocycles. The summed E-state index contributed by atoms with van der Waals surface area (Å²) in [5.41, 5.74) is 1.44. The zero-order valence-electron chi connectivity index (χ0n) is 17.7. The van der Waals surface area contributed by atoms with Crippen molar-refractivity contribution in [3.05, 3.63) is 45.1 Å². The van der Waals surface area contributed by atoms with Gasteiger partial charge in [-0.05, 0) is 42.7 Å². The van der Waals surface area contributed by atoms with Gasteiger partial charge in [-0.15, -0.1) is 11.3 Å². The number of methoxy groups -OCH3 is 1. The molecule has 1 aliphatic heterocycles. The van der Waals surface area contributed by atoms with Crippen molar-refractivity contribution in [3.8, 4) is 11.4 Å². The van der Waals surface area contributed by atoms with E-state index in [1.54, 1.807) is 38.3 Å². The number of fused-ring (bicyclic) bond motifs is 3. The summed E-state index contributed by atoms with van der Waals surface area (Å²) in [5.74, 6) is 0.0502. The van der Waals surface area contributed by atoms with Gasteiger partial charge in [0.15, 0.2) is 5.16 Å². The van der Waals surface area contributed by atoms with E-state index < -0.39 is 11.2 Å². The van der Waals surface area contributed by atoms with E-state index in [1.165, 1.54) is 15.9 Å². The number of carboxylic acid groups (broad SMARTS) is 1. The second-order valence-corrected chi connectivity index (χ2v) is 10.2. The maximum absolute atomic E-state index is 13.8. The molecule has 0 aliphatic carbocycles. The SMILES string of the molecule is COc1ccc(-n2c(S[C@@H](C)C(=O)O)nc3sc4c(c3c2=O)C[C@@H](C(C)C)OC4)cc1. The third kappa shape index (κ3) is 4.09. The van der Waals surface area contributed by atoms with Crippen molar-refractivity contribution in [2.24, 2.45) is 5.92 Å². The highest BCUT2D eigenvalue weighted by Gasteiger charge is 2.29. The third-order valence-electron chi connectivity index (χ3n) is 5.42. The molecule has 0 unspecified atom stereocenters. The number of thioether (sulfide) groups is 1. The van der Waals surface area contributed by atoms with Crippen LogP contribution in [0, 0.1) is 5.92 Å². The van der Waals surface area contributed by atoms with Crippen molar-refractivity contribution < 1.29 is 19.4 Å². The van der Waals surface area contributed by atoms with Crippen molar-refractivity contribution >= 4 is 39.3 Å². The summed E-state index contributed by atoms with van der Waals surface area (Å²) >= 11 is 2.52. The monoisotopic (exact) mass is 460 g/mol. The standard InChI is InChI=1S/C22H24N2O5S2/c1-11(2)16-9-15-17(10-29-16)31-19-18(15)20(25)24(13-5-7-14(28-4)8-6-13)22(23-19)30-12(3)21(26)27/h5-8,11-12,16H,9-10H2,1-4H3,(H,26,27)/t12-,16-/m0/s1. The zero-order chi connectivity index (χ0) is 22.3. The van der Waals surface area contributed by atoms with Crippen LogP contribution in [-0.2, 0) is 22.6 Å². The van der Waals surface area contributed by atoms with Crippen molar-refractivity contribution in [3.63, 3.8) is 0 Å². The van der Waals surface area contributed by atoms with Crippen LogP contribution in [0.25, 0.3) is 15.9 Å². The van der Waals surface area contributed by atoms with Gasteiger partial charge in [-0.3, -0.25) is 14.2 Å². The van der Waals surface area contributed by atoms with Crippen LogP contribution in [0.1, 0.15) is 31.2 Å². The summed E-state index contributed by atoms with van der Waals surface area (Å²) < 4.78 is 12.7. The highest BCUT2D eigenvalue weighted by Crippen LogP contribution is 2.36. The summed E-state index contributed by atoms with van der Waals surface area (Å²) in [7, 11) is 1.58. The molecule has 3 heterocycles. The van der Waals surface area contributed by atoms with Crippen molar-refractivity contribution in [1.29, 1.82) is 0 Å². The largest absolute Gasteiger partial charge is 0.497 e. The highest BCUT2D eigenvalue weighted by atomic mass is 32.2. The van der Waals surface area contributed by atoms with E-state index in [-0.39, 0.29) is 11.7 Å². The van der Waals surface area contributed by atoms with Crippen molar-refractivity contribution in [1.82, 2.24) is 9.55 Å². The Labute approximate surface area is 188 Å². The maximum atomic E-state index is 13.8.